The normalized spacial score (nSPS) is 17.6. The molecule has 0 spiro atoms. The third kappa shape index (κ3) is 3.27. The van der Waals surface area contributed by atoms with E-state index in [0.717, 1.165) is 38.3 Å². The van der Waals surface area contributed by atoms with E-state index in [-0.39, 0.29) is 0 Å². The van der Waals surface area contributed by atoms with Crippen LogP contribution in [0.15, 0.2) is 30.6 Å². The summed E-state index contributed by atoms with van der Waals surface area (Å²) >= 11 is 0. The Hall–Kier alpha value is -1.95. The van der Waals surface area contributed by atoms with Crippen LogP contribution in [0.3, 0.4) is 0 Å². The minimum atomic E-state index is 0.329. The molecule has 1 N–H and O–H groups in total. The fourth-order valence-corrected chi connectivity index (χ4v) is 3.15. The van der Waals surface area contributed by atoms with E-state index in [4.69, 9.17) is 0 Å². The van der Waals surface area contributed by atoms with E-state index in [9.17, 15) is 0 Å². The molecule has 6 heteroatoms. The molecule has 1 atom stereocenters. The lowest BCUT2D eigenvalue weighted by atomic mass is 10.0. The number of aryl methyl sites for hydroxylation is 1. The number of nitrogens with one attached hydrogen (secondary N) is 1. The Balaban J connectivity index is 1.54. The first-order valence-electron chi connectivity index (χ1n) is 8.08. The van der Waals surface area contributed by atoms with Gasteiger partial charge in [0.05, 0.1) is 5.69 Å². The van der Waals surface area contributed by atoms with E-state index >= 15 is 0 Å². The van der Waals surface area contributed by atoms with Gasteiger partial charge in [0.2, 0.25) is 0 Å². The van der Waals surface area contributed by atoms with Gasteiger partial charge in [-0.2, -0.15) is 10.2 Å². The summed E-state index contributed by atoms with van der Waals surface area (Å²) in [5.41, 5.74) is 1.26. The predicted molar refractivity (Wildman–Crippen MR) is 86.7 cm³/mol. The van der Waals surface area contributed by atoms with Crippen molar-refractivity contribution < 1.29 is 0 Å². The van der Waals surface area contributed by atoms with Crippen molar-refractivity contribution in [3.8, 4) is 0 Å². The SMILES string of the molecule is CCn1nccc1C(C)NC1CCN(c2cccnn2)CC1. The third-order valence-corrected chi connectivity index (χ3v) is 4.36. The van der Waals surface area contributed by atoms with Crippen molar-refractivity contribution in [2.24, 2.45) is 0 Å². The molecule has 1 saturated heterocycles. The Kier molecular flexibility index (Phi) is 4.68. The summed E-state index contributed by atoms with van der Waals surface area (Å²) in [4.78, 5) is 2.31. The average molecular weight is 300 g/mol. The first-order valence-corrected chi connectivity index (χ1v) is 8.08. The summed E-state index contributed by atoms with van der Waals surface area (Å²) in [5, 5.41) is 16.3. The van der Waals surface area contributed by atoms with Gasteiger partial charge in [-0.15, -0.1) is 5.10 Å². The second-order valence-corrected chi connectivity index (χ2v) is 5.80. The summed E-state index contributed by atoms with van der Waals surface area (Å²) in [7, 11) is 0. The molecule has 1 aliphatic rings. The molecule has 0 bridgehead atoms. The number of hydrogen-bond acceptors (Lipinski definition) is 5. The van der Waals surface area contributed by atoms with Gasteiger partial charge in [-0.25, -0.2) is 0 Å². The van der Waals surface area contributed by atoms with Crippen molar-refractivity contribution >= 4 is 5.82 Å². The highest BCUT2D eigenvalue weighted by molar-refractivity contribution is 5.36. The van der Waals surface area contributed by atoms with Crippen LogP contribution in [0, 0.1) is 0 Å². The molecule has 3 rings (SSSR count). The van der Waals surface area contributed by atoms with Crippen LogP contribution in [0.5, 0.6) is 0 Å². The Bertz CT molecular complexity index is 573. The molecule has 1 unspecified atom stereocenters. The van der Waals surface area contributed by atoms with Gasteiger partial charge in [-0.3, -0.25) is 4.68 Å². The maximum atomic E-state index is 4.35. The lowest BCUT2D eigenvalue weighted by Crippen LogP contribution is -2.43. The van der Waals surface area contributed by atoms with Gasteiger partial charge >= 0.3 is 0 Å². The molecule has 118 valence electrons. The van der Waals surface area contributed by atoms with Gasteiger partial charge in [-0.05, 0) is 44.9 Å². The predicted octanol–water partition coefficient (Wildman–Crippen LogP) is 2.01. The zero-order valence-electron chi connectivity index (χ0n) is 13.3. The molecule has 1 fully saturated rings. The van der Waals surface area contributed by atoms with Crippen molar-refractivity contribution in [1.82, 2.24) is 25.3 Å². The molecule has 0 aliphatic carbocycles. The topological polar surface area (TPSA) is 58.9 Å². The smallest absolute Gasteiger partial charge is 0.151 e. The summed E-state index contributed by atoms with van der Waals surface area (Å²) in [6, 6.07) is 6.96. The van der Waals surface area contributed by atoms with E-state index in [1.165, 1.54) is 5.69 Å². The minimum absolute atomic E-state index is 0.329. The van der Waals surface area contributed by atoms with Gasteiger partial charge in [-0.1, -0.05) is 0 Å². The van der Waals surface area contributed by atoms with Crippen molar-refractivity contribution in [3.05, 3.63) is 36.3 Å². The fraction of sp³-hybridized carbons (Fsp3) is 0.562. The Morgan fingerprint density at radius 1 is 1.27 bits per heavy atom. The highest BCUT2D eigenvalue weighted by Gasteiger charge is 2.22. The van der Waals surface area contributed by atoms with Crippen LogP contribution in [0.2, 0.25) is 0 Å². The van der Waals surface area contributed by atoms with Crippen LogP contribution < -0.4 is 10.2 Å². The van der Waals surface area contributed by atoms with E-state index < -0.39 is 0 Å². The van der Waals surface area contributed by atoms with E-state index in [0.29, 0.717) is 12.1 Å². The quantitative estimate of drug-likeness (QED) is 0.915. The molecule has 1 aliphatic heterocycles. The number of nitrogens with zero attached hydrogens (tertiary/aromatic N) is 5. The van der Waals surface area contributed by atoms with Gasteiger partial charge < -0.3 is 10.2 Å². The summed E-state index contributed by atoms with van der Waals surface area (Å²) in [6.45, 7) is 7.31. The number of anilines is 1. The number of hydrogen-bond donors (Lipinski definition) is 1. The van der Waals surface area contributed by atoms with Crippen molar-refractivity contribution in [2.75, 3.05) is 18.0 Å². The van der Waals surface area contributed by atoms with Crippen molar-refractivity contribution in [1.29, 1.82) is 0 Å². The van der Waals surface area contributed by atoms with Gasteiger partial charge in [0.25, 0.3) is 0 Å². The van der Waals surface area contributed by atoms with E-state index in [1.54, 1.807) is 6.20 Å². The van der Waals surface area contributed by atoms with Crippen molar-refractivity contribution in [2.45, 2.75) is 45.3 Å². The van der Waals surface area contributed by atoms with E-state index in [1.807, 2.05) is 18.3 Å². The van der Waals surface area contributed by atoms with Crippen LogP contribution in [-0.2, 0) is 6.54 Å². The van der Waals surface area contributed by atoms with Crippen LogP contribution >= 0.6 is 0 Å². The first-order chi connectivity index (χ1) is 10.8. The molecule has 0 aromatic carbocycles. The number of aromatic nitrogens is 4. The minimum Gasteiger partial charge on any atom is -0.355 e. The summed E-state index contributed by atoms with van der Waals surface area (Å²) < 4.78 is 2.06. The molecule has 6 nitrogen and oxygen atoms in total. The standard InChI is InChI=1S/C16H24N6/c1-3-22-15(6-10-18-22)13(2)19-14-7-11-21(12-8-14)16-5-4-9-17-20-16/h4-6,9-10,13-14,19H,3,7-8,11-12H2,1-2H3. The summed E-state index contributed by atoms with van der Waals surface area (Å²) in [6.07, 6.45) is 5.85. The molecule has 0 amide bonds. The van der Waals surface area contributed by atoms with Crippen LogP contribution in [0.25, 0.3) is 0 Å². The molecular weight excluding hydrogens is 276 g/mol. The van der Waals surface area contributed by atoms with Crippen LogP contribution in [0.1, 0.15) is 38.4 Å². The molecular formula is C16H24N6. The number of piperidine rings is 1. The molecule has 2 aromatic rings. The highest BCUT2D eigenvalue weighted by atomic mass is 15.3. The molecule has 22 heavy (non-hydrogen) atoms. The summed E-state index contributed by atoms with van der Waals surface area (Å²) in [5.74, 6) is 0.984. The maximum absolute atomic E-state index is 4.35. The zero-order valence-corrected chi connectivity index (χ0v) is 13.3. The second-order valence-electron chi connectivity index (χ2n) is 5.80. The lowest BCUT2D eigenvalue weighted by molar-refractivity contribution is 0.369. The Labute approximate surface area is 131 Å². The van der Waals surface area contributed by atoms with Gasteiger partial charge in [0.15, 0.2) is 5.82 Å². The maximum Gasteiger partial charge on any atom is 0.151 e. The Morgan fingerprint density at radius 3 is 2.77 bits per heavy atom. The zero-order chi connectivity index (χ0) is 15.4. The average Bonchev–Trinajstić information content (AvgIpc) is 3.05. The van der Waals surface area contributed by atoms with Gasteiger partial charge in [0, 0.05) is 44.1 Å². The van der Waals surface area contributed by atoms with Crippen molar-refractivity contribution in [3.63, 3.8) is 0 Å². The largest absolute Gasteiger partial charge is 0.355 e. The second kappa shape index (κ2) is 6.87. The number of rotatable bonds is 5. The highest BCUT2D eigenvalue weighted by Crippen LogP contribution is 2.20. The van der Waals surface area contributed by atoms with E-state index in [2.05, 4.69) is 50.1 Å². The van der Waals surface area contributed by atoms with Gasteiger partial charge in [0.1, 0.15) is 0 Å². The monoisotopic (exact) mass is 300 g/mol. The van der Waals surface area contributed by atoms with Crippen LogP contribution in [-0.4, -0.2) is 39.1 Å². The molecule has 0 radical (unpaired) electrons. The fourth-order valence-electron chi connectivity index (χ4n) is 3.15. The Morgan fingerprint density at radius 2 is 2.09 bits per heavy atom. The van der Waals surface area contributed by atoms with Crippen LogP contribution in [0.4, 0.5) is 5.82 Å². The first kappa shape index (κ1) is 15.0. The third-order valence-electron chi connectivity index (χ3n) is 4.36. The molecule has 0 saturated carbocycles. The molecule has 2 aromatic heterocycles. The molecule has 3 heterocycles. The lowest BCUT2D eigenvalue weighted by Gasteiger charge is -2.34.